The van der Waals surface area contributed by atoms with Crippen molar-refractivity contribution >= 4 is 22.8 Å². The number of ether oxygens (including phenoxy) is 2. The molecule has 0 saturated carbocycles. The Kier molecular flexibility index (Phi) is 3.92. The number of aromatic nitrogens is 2. The Labute approximate surface area is 170 Å². The monoisotopic (exact) mass is 406 g/mol. The van der Waals surface area contributed by atoms with Gasteiger partial charge in [-0.1, -0.05) is 19.1 Å². The summed E-state index contributed by atoms with van der Waals surface area (Å²) in [6, 6.07) is 9.26. The van der Waals surface area contributed by atoms with E-state index in [-0.39, 0.29) is 18.7 Å². The van der Waals surface area contributed by atoms with Gasteiger partial charge in [0.05, 0.1) is 48.0 Å². The molecule has 0 aliphatic carbocycles. The van der Waals surface area contributed by atoms with Gasteiger partial charge in [-0.25, -0.2) is 4.98 Å². The highest BCUT2D eigenvalue weighted by molar-refractivity contribution is 5.91. The van der Waals surface area contributed by atoms with E-state index >= 15 is 0 Å². The van der Waals surface area contributed by atoms with Crippen molar-refractivity contribution in [3.63, 3.8) is 0 Å². The van der Waals surface area contributed by atoms with Crippen molar-refractivity contribution in [2.24, 2.45) is 5.92 Å². The molecule has 1 aromatic carbocycles. The highest BCUT2D eigenvalue weighted by Gasteiger charge is 2.40. The molecule has 8 heteroatoms. The van der Waals surface area contributed by atoms with Crippen LogP contribution in [-0.2, 0) is 27.5 Å². The molecule has 2 atom stereocenters. The predicted octanol–water partition coefficient (Wildman–Crippen LogP) is 2.29. The molecule has 0 amide bonds. The Morgan fingerprint density at radius 2 is 2.07 bits per heavy atom. The van der Waals surface area contributed by atoms with E-state index in [1.54, 1.807) is 17.7 Å². The van der Waals surface area contributed by atoms with E-state index in [0.29, 0.717) is 28.3 Å². The normalized spacial score (nSPS) is 17.7. The fraction of sp³-hybridized carbons (Fsp3) is 0.273. The topological polar surface area (TPSA) is 108 Å². The van der Waals surface area contributed by atoms with E-state index in [2.05, 4.69) is 0 Å². The van der Waals surface area contributed by atoms with Crippen molar-refractivity contribution in [2.75, 3.05) is 7.11 Å². The average molecular weight is 406 g/mol. The molecule has 152 valence electrons. The lowest BCUT2D eigenvalue weighted by atomic mass is 9.83. The number of aliphatic carboxylic acids is 1. The van der Waals surface area contributed by atoms with E-state index < -0.39 is 23.8 Å². The van der Waals surface area contributed by atoms with Gasteiger partial charge < -0.3 is 19.1 Å². The fourth-order valence-corrected chi connectivity index (χ4v) is 4.43. The third kappa shape index (κ3) is 2.39. The van der Waals surface area contributed by atoms with Crippen molar-refractivity contribution in [1.29, 1.82) is 0 Å². The quantitative estimate of drug-likeness (QED) is 0.520. The summed E-state index contributed by atoms with van der Waals surface area (Å²) in [5, 5.41) is 10.3. The van der Waals surface area contributed by atoms with E-state index in [0.717, 1.165) is 16.5 Å². The van der Waals surface area contributed by atoms with E-state index in [9.17, 15) is 19.5 Å². The van der Waals surface area contributed by atoms with Crippen molar-refractivity contribution in [2.45, 2.75) is 26.0 Å². The summed E-state index contributed by atoms with van der Waals surface area (Å²) >= 11 is 0. The number of esters is 1. The van der Waals surface area contributed by atoms with Gasteiger partial charge in [0.15, 0.2) is 0 Å². The minimum atomic E-state index is -1.13. The summed E-state index contributed by atoms with van der Waals surface area (Å²) < 4.78 is 12.4. The minimum Gasteiger partial charge on any atom is -0.496 e. The molecule has 1 N–H and O–H groups in total. The van der Waals surface area contributed by atoms with E-state index in [1.807, 2.05) is 24.3 Å². The number of carboxylic acids is 1. The lowest BCUT2D eigenvalue weighted by Crippen LogP contribution is -2.36. The summed E-state index contributed by atoms with van der Waals surface area (Å²) in [6.07, 6.45) is 0. The largest absolute Gasteiger partial charge is 0.496 e. The number of carboxylic acid groups (broad SMARTS) is 1. The van der Waals surface area contributed by atoms with Crippen LogP contribution in [0.5, 0.6) is 5.75 Å². The number of carbonyl (C=O) groups is 2. The van der Waals surface area contributed by atoms with Gasteiger partial charge in [0, 0.05) is 10.9 Å². The van der Waals surface area contributed by atoms with Gasteiger partial charge in [-0.2, -0.15) is 0 Å². The van der Waals surface area contributed by atoms with Crippen LogP contribution in [0.2, 0.25) is 0 Å². The Bertz CT molecular complexity index is 1310. The van der Waals surface area contributed by atoms with Crippen molar-refractivity contribution < 1.29 is 24.2 Å². The highest BCUT2D eigenvalue weighted by Crippen LogP contribution is 2.42. The van der Waals surface area contributed by atoms with Gasteiger partial charge in [0.2, 0.25) is 0 Å². The van der Waals surface area contributed by atoms with Crippen LogP contribution in [0.25, 0.3) is 22.3 Å². The summed E-state index contributed by atoms with van der Waals surface area (Å²) in [4.78, 5) is 42.0. The first-order chi connectivity index (χ1) is 14.4. The van der Waals surface area contributed by atoms with Gasteiger partial charge >= 0.3 is 11.9 Å². The molecule has 0 fully saturated rings. The van der Waals surface area contributed by atoms with Crippen LogP contribution in [0, 0.1) is 5.92 Å². The molecule has 0 spiro atoms. The van der Waals surface area contributed by atoms with Gasteiger partial charge in [0.1, 0.15) is 12.4 Å². The van der Waals surface area contributed by atoms with E-state index in [4.69, 9.17) is 14.5 Å². The number of methoxy groups -OCH3 is 1. The maximum atomic E-state index is 13.3. The summed E-state index contributed by atoms with van der Waals surface area (Å²) in [5.41, 5.74) is 3.07. The zero-order chi connectivity index (χ0) is 21.2. The average Bonchev–Trinajstić information content (AvgIpc) is 3.10. The van der Waals surface area contributed by atoms with Crippen LogP contribution < -0.4 is 10.3 Å². The van der Waals surface area contributed by atoms with Crippen molar-refractivity contribution in [3.8, 4) is 17.1 Å². The van der Waals surface area contributed by atoms with Crippen molar-refractivity contribution in [3.05, 3.63) is 57.4 Å². The number of rotatable bonds is 3. The molecule has 5 rings (SSSR count). The minimum absolute atomic E-state index is 0.168. The summed E-state index contributed by atoms with van der Waals surface area (Å²) in [5.74, 6) is -3.18. The second-order valence-corrected chi connectivity index (χ2v) is 7.56. The Hall–Kier alpha value is -3.68. The van der Waals surface area contributed by atoms with Crippen LogP contribution in [-0.4, -0.2) is 33.7 Å². The maximum absolute atomic E-state index is 13.3. The zero-order valence-electron chi connectivity index (χ0n) is 16.3. The molecule has 4 heterocycles. The molecule has 3 aromatic rings. The SMILES string of the molecule is COc1c2c(nc3ccccc13)-c1cc3c(c(=O)n1C2)COC(=O)C3C(C)C(=O)O. The molecule has 8 nitrogen and oxygen atoms in total. The number of hydrogen-bond acceptors (Lipinski definition) is 6. The first-order valence-electron chi connectivity index (χ1n) is 9.54. The van der Waals surface area contributed by atoms with Crippen LogP contribution in [0.1, 0.15) is 29.5 Å². The maximum Gasteiger partial charge on any atom is 0.314 e. The van der Waals surface area contributed by atoms with E-state index in [1.165, 1.54) is 6.92 Å². The van der Waals surface area contributed by atoms with Crippen LogP contribution in [0.3, 0.4) is 0 Å². The van der Waals surface area contributed by atoms with Gasteiger partial charge in [-0.15, -0.1) is 0 Å². The lowest BCUT2D eigenvalue weighted by Gasteiger charge is -2.27. The molecule has 30 heavy (non-hydrogen) atoms. The molecule has 0 bridgehead atoms. The number of fused-ring (bicyclic) bond motifs is 5. The molecule has 2 aliphatic rings. The number of carbonyl (C=O) groups excluding carboxylic acids is 1. The third-order valence-corrected chi connectivity index (χ3v) is 5.98. The lowest BCUT2D eigenvalue weighted by molar-refractivity contribution is -0.155. The first-order valence-corrected chi connectivity index (χ1v) is 9.54. The Morgan fingerprint density at radius 3 is 2.80 bits per heavy atom. The van der Waals surface area contributed by atoms with Gasteiger partial charge in [-0.05, 0) is 23.8 Å². The highest BCUT2D eigenvalue weighted by atomic mass is 16.5. The number of hydrogen-bond donors (Lipinski definition) is 1. The van der Waals surface area contributed by atoms with Crippen LogP contribution >= 0.6 is 0 Å². The molecule has 0 saturated heterocycles. The smallest absolute Gasteiger partial charge is 0.314 e. The van der Waals surface area contributed by atoms with Crippen LogP contribution in [0.4, 0.5) is 0 Å². The summed E-state index contributed by atoms with van der Waals surface area (Å²) in [7, 11) is 1.58. The molecular weight excluding hydrogens is 388 g/mol. The summed E-state index contributed by atoms with van der Waals surface area (Å²) in [6.45, 7) is 1.56. The van der Waals surface area contributed by atoms with Crippen molar-refractivity contribution in [1.82, 2.24) is 9.55 Å². The molecule has 2 aromatic heterocycles. The molecule has 2 aliphatic heterocycles. The number of cyclic esters (lactones) is 1. The third-order valence-electron chi connectivity index (χ3n) is 5.98. The number of nitrogens with zero attached hydrogens (tertiary/aromatic N) is 2. The number of pyridine rings is 2. The standard InChI is InChI=1S/C22H18N2O6/c1-10(21(26)27)17-12-7-16-18-13(8-24(16)20(25)14(12)9-30-22(17)28)19(29-2)11-5-3-4-6-15(11)23-18/h3-7,10,17H,8-9H2,1-2H3,(H,26,27). The number of benzene rings is 1. The zero-order valence-corrected chi connectivity index (χ0v) is 16.3. The van der Waals surface area contributed by atoms with Crippen LogP contribution in [0.15, 0.2) is 35.1 Å². The number of para-hydroxylation sites is 1. The second-order valence-electron chi connectivity index (χ2n) is 7.56. The Balaban J connectivity index is 1.79. The van der Waals surface area contributed by atoms with Gasteiger partial charge in [0.25, 0.3) is 5.56 Å². The van der Waals surface area contributed by atoms with Gasteiger partial charge in [-0.3, -0.25) is 14.4 Å². The second kappa shape index (κ2) is 6.41. The fourth-order valence-electron chi connectivity index (χ4n) is 4.43. The predicted molar refractivity (Wildman–Crippen MR) is 106 cm³/mol. The molecule has 0 radical (unpaired) electrons. The first kappa shape index (κ1) is 18.4. The Morgan fingerprint density at radius 1 is 1.30 bits per heavy atom. The molecule has 2 unspecified atom stereocenters. The molecular formula is C22H18N2O6.